The Bertz CT molecular complexity index is 558. The van der Waals surface area contributed by atoms with Crippen molar-refractivity contribution in [2.45, 2.75) is 36.6 Å². The molecule has 1 aromatic carbocycles. The largest absolute Gasteiger partial charge is 0.367 e. The van der Waals surface area contributed by atoms with Crippen molar-refractivity contribution < 1.29 is 8.42 Å². The molecule has 1 unspecified atom stereocenters. The van der Waals surface area contributed by atoms with Gasteiger partial charge in [0.2, 0.25) is 10.0 Å². The van der Waals surface area contributed by atoms with Gasteiger partial charge in [-0.2, -0.15) is 0 Å². The van der Waals surface area contributed by atoms with Gasteiger partial charge >= 0.3 is 0 Å². The summed E-state index contributed by atoms with van der Waals surface area (Å²) in [6.45, 7) is 0.983. The average molecular weight is 331 g/mol. The van der Waals surface area contributed by atoms with Crippen molar-refractivity contribution in [2.75, 3.05) is 31.4 Å². The van der Waals surface area contributed by atoms with E-state index in [1.165, 1.54) is 17.1 Å². The smallest absolute Gasteiger partial charge is 0.242 e. The van der Waals surface area contributed by atoms with Gasteiger partial charge in [-0.05, 0) is 37.1 Å². The Hall–Kier alpha value is -0.780. The first kappa shape index (κ1) is 16.6. The van der Waals surface area contributed by atoms with Crippen molar-refractivity contribution in [3.8, 4) is 0 Å². The molecule has 118 valence electrons. The van der Waals surface area contributed by atoms with Crippen LogP contribution < -0.4 is 4.90 Å². The summed E-state index contributed by atoms with van der Waals surface area (Å²) in [5.41, 5.74) is 1.06. The molecule has 1 heterocycles. The molecule has 1 aliphatic rings. The summed E-state index contributed by atoms with van der Waals surface area (Å²) in [4.78, 5) is 2.64. The lowest BCUT2D eigenvalue weighted by atomic mass is 10.1. The van der Waals surface area contributed by atoms with Gasteiger partial charge in [-0.25, -0.2) is 12.7 Å². The fourth-order valence-corrected chi connectivity index (χ4v) is 3.92. The van der Waals surface area contributed by atoms with E-state index in [1.807, 2.05) is 12.1 Å². The van der Waals surface area contributed by atoms with Gasteiger partial charge < -0.3 is 4.90 Å². The van der Waals surface area contributed by atoms with Crippen LogP contribution in [0, 0.1) is 0 Å². The highest BCUT2D eigenvalue weighted by Gasteiger charge is 2.22. The van der Waals surface area contributed by atoms with Gasteiger partial charge in [-0.3, -0.25) is 0 Å². The highest BCUT2D eigenvalue weighted by Crippen LogP contribution is 2.26. The number of alkyl halides is 1. The number of hydrogen-bond donors (Lipinski definition) is 0. The van der Waals surface area contributed by atoms with E-state index in [4.69, 9.17) is 11.6 Å². The standard InChI is InChI=1S/C15H23ClN2O2S/c1-17(2)21(19,20)15-9-7-13(8-10-15)18-11-5-3-4-6-14(18)12-16/h7-10,14H,3-6,11-12H2,1-2H3. The van der Waals surface area contributed by atoms with E-state index in [0.29, 0.717) is 16.8 Å². The van der Waals surface area contributed by atoms with Crippen LogP contribution in [0.4, 0.5) is 5.69 Å². The van der Waals surface area contributed by atoms with Crippen LogP contribution in [0.15, 0.2) is 29.2 Å². The molecule has 0 aliphatic carbocycles. The number of rotatable bonds is 4. The van der Waals surface area contributed by atoms with Gasteiger partial charge in [0.1, 0.15) is 0 Å². The molecule has 0 N–H and O–H groups in total. The zero-order chi connectivity index (χ0) is 15.5. The van der Waals surface area contributed by atoms with Crippen molar-refractivity contribution in [1.29, 1.82) is 0 Å². The Kier molecular flexibility index (Phi) is 5.52. The predicted octanol–water partition coefficient (Wildman–Crippen LogP) is 2.92. The van der Waals surface area contributed by atoms with Crippen molar-refractivity contribution in [3.63, 3.8) is 0 Å². The number of nitrogens with zero attached hydrogens (tertiary/aromatic N) is 2. The van der Waals surface area contributed by atoms with Crippen LogP contribution in [0.3, 0.4) is 0 Å². The Balaban J connectivity index is 2.25. The highest BCUT2D eigenvalue weighted by atomic mass is 35.5. The zero-order valence-corrected chi connectivity index (χ0v) is 14.2. The van der Waals surface area contributed by atoms with E-state index in [2.05, 4.69) is 4.90 Å². The molecule has 1 fully saturated rings. The third-order valence-corrected chi connectivity index (χ3v) is 6.19. The zero-order valence-electron chi connectivity index (χ0n) is 12.6. The van der Waals surface area contributed by atoms with Gasteiger partial charge in [0.25, 0.3) is 0 Å². The molecule has 21 heavy (non-hydrogen) atoms. The van der Waals surface area contributed by atoms with Crippen molar-refractivity contribution in [3.05, 3.63) is 24.3 Å². The van der Waals surface area contributed by atoms with Crippen LogP contribution >= 0.6 is 11.6 Å². The fraction of sp³-hybridized carbons (Fsp3) is 0.600. The minimum absolute atomic E-state index is 0.327. The van der Waals surface area contributed by atoms with Crippen molar-refractivity contribution >= 4 is 27.3 Å². The van der Waals surface area contributed by atoms with E-state index in [9.17, 15) is 8.42 Å². The first-order valence-corrected chi connectivity index (χ1v) is 9.29. The number of hydrogen-bond acceptors (Lipinski definition) is 3. The molecular weight excluding hydrogens is 308 g/mol. The summed E-state index contributed by atoms with van der Waals surface area (Å²) < 4.78 is 25.4. The minimum atomic E-state index is -3.36. The molecule has 1 saturated heterocycles. The van der Waals surface area contributed by atoms with Crippen LogP contribution in [-0.4, -0.2) is 45.3 Å². The molecule has 4 nitrogen and oxygen atoms in total. The fourth-order valence-electron chi connectivity index (χ4n) is 2.70. The van der Waals surface area contributed by atoms with Crippen LogP contribution in [0.5, 0.6) is 0 Å². The monoisotopic (exact) mass is 330 g/mol. The highest BCUT2D eigenvalue weighted by molar-refractivity contribution is 7.89. The number of halogens is 1. The third kappa shape index (κ3) is 3.71. The molecule has 0 spiro atoms. The second-order valence-corrected chi connectivity index (χ2v) is 8.09. The number of sulfonamides is 1. The summed E-state index contributed by atoms with van der Waals surface area (Å²) in [5, 5.41) is 0. The molecule has 1 atom stereocenters. The van der Waals surface area contributed by atoms with E-state index in [1.54, 1.807) is 26.2 Å². The Morgan fingerprint density at radius 3 is 2.43 bits per heavy atom. The molecule has 1 aliphatic heterocycles. The summed E-state index contributed by atoms with van der Waals surface area (Å²) in [5.74, 6) is 0.609. The van der Waals surface area contributed by atoms with Crippen LogP contribution in [-0.2, 0) is 10.0 Å². The van der Waals surface area contributed by atoms with Crippen molar-refractivity contribution in [1.82, 2.24) is 4.31 Å². The lowest BCUT2D eigenvalue weighted by Gasteiger charge is -2.31. The van der Waals surface area contributed by atoms with Gasteiger partial charge in [-0.15, -0.1) is 11.6 Å². The van der Waals surface area contributed by atoms with E-state index in [0.717, 1.165) is 25.1 Å². The summed E-state index contributed by atoms with van der Waals surface area (Å²) in [6.07, 6.45) is 4.70. The maximum Gasteiger partial charge on any atom is 0.242 e. The molecule has 0 saturated carbocycles. The number of anilines is 1. The Morgan fingerprint density at radius 1 is 1.19 bits per heavy atom. The minimum Gasteiger partial charge on any atom is -0.367 e. The van der Waals surface area contributed by atoms with Crippen LogP contribution in [0.2, 0.25) is 0 Å². The van der Waals surface area contributed by atoms with Crippen molar-refractivity contribution in [2.24, 2.45) is 0 Å². The molecule has 0 amide bonds. The first-order chi connectivity index (χ1) is 9.96. The molecular formula is C15H23ClN2O2S. The van der Waals surface area contributed by atoms with Gasteiger partial charge in [0, 0.05) is 38.2 Å². The summed E-state index contributed by atoms with van der Waals surface area (Å²) in [6, 6.07) is 7.48. The summed E-state index contributed by atoms with van der Waals surface area (Å²) >= 11 is 6.10. The van der Waals surface area contributed by atoms with Gasteiger partial charge in [-0.1, -0.05) is 12.8 Å². The maximum absolute atomic E-state index is 12.1. The molecule has 6 heteroatoms. The van der Waals surface area contributed by atoms with E-state index in [-0.39, 0.29) is 0 Å². The maximum atomic E-state index is 12.1. The number of benzene rings is 1. The SMILES string of the molecule is CN(C)S(=O)(=O)c1ccc(N2CCCCCC2CCl)cc1. The Morgan fingerprint density at radius 2 is 1.86 bits per heavy atom. The lowest BCUT2D eigenvalue weighted by molar-refractivity contribution is 0.520. The second-order valence-electron chi connectivity index (χ2n) is 5.63. The topological polar surface area (TPSA) is 40.6 Å². The molecule has 2 rings (SSSR count). The molecule has 0 aromatic heterocycles. The summed E-state index contributed by atoms with van der Waals surface area (Å²) in [7, 11) is -0.275. The van der Waals surface area contributed by atoms with Crippen LogP contribution in [0.1, 0.15) is 25.7 Å². The van der Waals surface area contributed by atoms with E-state index < -0.39 is 10.0 Å². The molecule has 0 radical (unpaired) electrons. The quantitative estimate of drug-likeness (QED) is 0.797. The predicted molar refractivity (Wildman–Crippen MR) is 87.6 cm³/mol. The average Bonchev–Trinajstić information content (AvgIpc) is 2.72. The normalized spacial score (nSPS) is 20.6. The van der Waals surface area contributed by atoms with Gasteiger partial charge in [0.05, 0.1) is 4.90 Å². The third-order valence-electron chi connectivity index (χ3n) is 4.00. The first-order valence-electron chi connectivity index (χ1n) is 7.32. The van der Waals surface area contributed by atoms with Crippen LogP contribution in [0.25, 0.3) is 0 Å². The molecule has 0 bridgehead atoms. The lowest BCUT2D eigenvalue weighted by Crippen LogP contribution is -2.36. The second kappa shape index (κ2) is 6.99. The Labute approximate surface area is 132 Å². The van der Waals surface area contributed by atoms with Gasteiger partial charge in [0.15, 0.2) is 0 Å². The molecule has 1 aromatic rings. The van der Waals surface area contributed by atoms with E-state index >= 15 is 0 Å².